The molecule has 0 heterocycles. The minimum Gasteiger partial charge on any atom is -0.384 e. The monoisotopic (exact) mass is 123 g/mol. The molecule has 0 aliphatic heterocycles. The van der Waals surface area contributed by atoms with Crippen LogP contribution in [-0.2, 0) is 0 Å². The van der Waals surface area contributed by atoms with Crippen molar-refractivity contribution in [3.05, 3.63) is 10.1 Å². The summed E-state index contributed by atoms with van der Waals surface area (Å²) in [6.45, 7) is -1.77. The van der Waals surface area contributed by atoms with Crippen LogP contribution in [-0.4, -0.2) is 29.4 Å². The topological polar surface area (TPSA) is 63.4 Å². The Morgan fingerprint density at radius 2 is 2.38 bits per heavy atom. The molecule has 0 aromatic carbocycles. The highest BCUT2D eigenvalue weighted by molar-refractivity contribution is 4.46. The fourth-order valence-corrected chi connectivity index (χ4v) is 0.221. The van der Waals surface area contributed by atoms with E-state index in [0.29, 0.717) is 0 Å². The third-order valence-corrected chi connectivity index (χ3v) is 0.538. The van der Waals surface area contributed by atoms with Gasteiger partial charge >= 0.3 is 0 Å². The zero-order chi connectivity index (χ0) is 6.57. The summed E-state index contributed by atoms with van der Waals surface area (Å²) in [5, 5.41) is 17.7. The van der Waals surface area contributed by atoms with Gasteiger partial charge < -0.3 is 5.11 Å². The van der Waals surface area contributed by atoms with Crippen LogP contribution < -0.4 is 0 Å². The summed E-state index contributed by atoms with van der Waals surface area (Å²) in [5.74, 6) is 0. The highest BCUT2D eigenvalue weighted by Gasteiger charge is 2.08. The van der Waals surface area contributed by atoms with Crippen molar-refractivity contribution in [2.45, 2.75) is 6.10 Å². The maximum Gasteiger partial charge on any atom is 0.232 e. The van der Waals surface area contributed by atoms with Gasteiger partial charge in [-0.2, -0.15) is 0 Å². The molecule has 0 saturated heterocycles. The van der Waals surface area contributed by atoms with Crippen LogP contribution in [0.2, 0.25) is 0 Å². The third kappa shape index (κ3) is 3.48. The second-order valence-corrected chi connectivity index (χ2v) is 1.32. The lowest BCUT2D eigenvalue weighted by Crippen LogP contribution is -2.20. The molecular weight excluding hydrogens is 117 g/mol. The first kappa shape index (κ1) is 7.29. The molecule has 0 spiro atoms. The van der Waals surface area contributed by atoms with E-state index >= 15 is 0 Å². The second-order valence-electron chi connectivity index (χ2n) is 1.32. The Hall–Kier alpha value is -0.710. The number of aliphatic hydroxyl groups excluding tert-OH is 1. The minimum absolute atomic E-state index is 0.712. The molecule has 0 bridgehead atoms. The van der Waals surface area contributed by atoms with Crippen molar-refractivity contribution >= 4 is 0 Å². The quantitative estimate of drug-likeness (QED) is 0.410. The average Bonchev–Trinajstić information content (AvgIpc) is 1.65. The van der Waals surface area contributed by atoms with Crippen LogP contribution in [0.5, 0.6) is 0 Å². The molecule has 0 saturated carbocycles. The Kier molecular flexibility index (Phi) is 3.02. The molecule has 8 heavy (non-hydrogen) atoms. The lowest BCUT2D eigenvalue weighted by atomic mass is 10.4. The van der Waals surface area contributed by atoms with E-state index in [-0.39, 0.29) is 0 Å². The van der Waals surface area contributed by atoms with Crippen LogP contribution >= 0.6 is 0 Å². The fraction of sp³-hybridized carbons (Fsp3) is 1.00. The van der Waals surface area contributed by atoms with Gasteiger partial charge in [-0.05, 0) is 0 Å². The van der Waals surface area contributed by atoms with Crippen molar-refractivity contribution in [2.24, 2.45) is 0 Å². The van der Waals surface area contributed by atoms with Crippen molar-refractivity contribution in [1.29, 1.82) is 0 Å². The highest BCUT2D eigenvalue weighted by atomic mass is 19.1. The molecular formula is C3H6FNO3. The van der Waals surface area contributed by atoms with Gasteiger partial charge in [0.15, 0.2) is 0 Å². The minimum atomic E-state index is -1.44. The summed E-state index contributed by atoms with van der Waals surface area (Å²) >= 11 is 0. The molecule has 5 heteroatoms. The lowest BCUT2D eigenvalue weighted by Gasteiger charge is -1.95. The van der Waals surface area contributed by atoms with Gasteiger partial charge in [-0.3, -0.25) is 10.1 Å². The fourth-order valence-electron chi connectivity index (χ4n) is 0.221. The molecule has 1 unspecified atom stereocenters. The predicted octanol–water partition coefficient (Wildman–Crippen LogP) is -0.406. The molecule has 0 rings (SSSR count). The number of aliphatic hydroxyl groups is 1. The van der Waals surface area contributed by atoms with Gasteiger partial charge in [-0.15, -0.1) is 0 Å². The van der Waals surface area contributed by atoms with Crippen LogP contribution in [0.3, 0.4) is 0 Å². The first-order valence-corrected chi connectivity index (χ1v) is 2.02. The van der Waals surface area contributed by atoms with Gasteiger partial charge in [0.2, 0.25) is 6.54 Å². The SMILES string of the molecule is O=[N+]([O-])CC(O)CF. The standard InChI is InChI=1S/C3H6FNO3/c4-1-3(6)2-5(7)8/h3,6H,1-2H2. The van der Waals surface area contributed by atoms with Crippen molar-refractivity contribution in [3.63, 3.8) is 0 Å². The molecule has 0 fully saturated rings. The van der Waals surface area contributed by atoms with Crippen LogP contribution in [0.15, 0.2) is 0 Å². The van der Waals surface area contributed by atoms with Crippen LogP contribution in [0.1, 0.15) is 0 Å². The zero-order valence-corrected chi connectivity index (χ0v) is 4.08. The Bertz CT molecular complexity index is 86.6. The summed E-state index contributed by atoms with van der Waals surface area (Å²) in [6.07, 6.45) is -1.44. The van der Waals surface area contributed by atoms with E-state index in [0.717, 1.165) is 0 Å². The maximum atomic E-state index is 11.2. The zero-order valence-electron chi connectivity index (χ0n) is 4.08. The number of nitrogens with zero attached hydrogens (tertiary/aromatic N) is 1. The smallest absolute Gasteiger partial charge is 0.232 e. The van der Waals surface area contributed by atoms with Gasteiger partial charge in [-0.1, -0.05) is 0 Å². The first-order valence-electron chi connectivity index (χ1n) is 2.02. The molecule has 48 valence electrons. The van der Waals surface area contributed by atoms with Gasteiger partial charge in [0.05, 0.1) is 0 Å². The molecule has 0 aliphatic rings. The molecule has 0 aromatic rings. The highest BCUT2D eigenvalue weighted by Crippen LogP contribution is 1.82. The van der Waals surface area contributed by atoms with Crippen LogP contribution in [0.4, 0.5) is 4.39 Å². The van der Waals surface area contributed by atoms with Crippen LogP contribution in [0.25, 0.3) is 0 Å². The largest absolute Gasteiger partial charge is 0.384 e. The Labute approximate surface area is 45.1 Å². The molecule has 0 radical (unpaired) electrons. The van der Waals surface area contributed by atoms with E-state index in [1.807, 2.05) is 0 Å². The summed E-state index contributed by atoms with van der Waals surface area (Å²) in [7, 11) is 0. The summed E-state index contributed by atoms with van der Waals surface area (Å²) in [6, 6.07) is 0. The molecule has 0 amide bonds. The summed E-state index contributed by atoms with van der Waals surface area (Å²) in [5.41, 5.74) is 0. The number of alkyl halides is 1. The van der Waals surface area contributed by atoms with Crippen molar-refractivity contribution in [3.8, 4) is 0 Å². The number of hydrogen-bond acceptors (Lipinski definition) is 3. The Balaban J connectivity index is 3.24. The Morgan fingerprint density at radius 3 is 2.50 bits per heavy atom. The summed E-state index contributed by atoms with van der Waals surface area (Å²) < 4.78 is 11.2. The predicted molar refractivity (Wildman–Crippen MR) is 23.8 cm³/mol. The van der Waals surface area contributed by atoms with E-state index in [2.05, 4.69) is 0 Å². The number of hydrogen-bond donors (Lipinski definition) is 1. The van der Waals surface area contributed by atoms with Gasteiger partial charge in [0.25, 0.3) is 0 Å². The van der Waals surface area contributed by atoms with E-state index in [9.17, 15) is 14.5 Å². The molecule has 4 nitrogen and oxygen atoms in total. The molecule has 1 atom stereocenters. The number of rotatable bonds is 3. The van der Waals surface area contributed by atoms with Crippen molar-refractivity contribution in [2.75, 3.05) is 13.2 Å². The molecule has 0 aromatic heterocycles. The first-order chi connectivity index (χ1) is 3.66. The normalized spacial score (nSPS) is 13.2. The van der Waals surface area contributed by atoms with Crippen molar-refractivity contribution < 1.29 is 14.4 Å². The van der Waals surface area contributed by atoms with E-state index in [1.54, 1.807) is 0 Å². The number of nitro groups is 1. The van der Waals surface area contributed by atoms with Gasteiger partial charge in [0, 0.05) is 4.92 Å². The average molecular weight is 123 g/mol. The molecule has 0 aliphatic carbocycles. The van der Waals surface area contributed by atoms with E-state index in [4.69, 9.17) is 5.11 Å². The Morgan fingerprint density at radius 1 is 1.88 bits per heavy atom. The van der Waals surface area contributed by atoms with E-state index < -0.39 is 24.2 Å². The second kappa shape index (κ2) is 3.31. The molecule has 1 N–H and O–H groups in total. The van der Waals surface area contributed by atoms with E-state index in [1.165, 1.54) is 0 Å². The van der Waals surface area contributed by atoms with Gasteiger partial charge in [0.1, 0.15) is 12.8 Å². The lowest BCUT2D eigenvalue weighted by molar-refractivity contribution is -0.490. The summed E-state index contributed by atoms with van der Waals surface area (Å²) in [4.78, 5) is 8.69. The third-order valence-electron chi connectivity index (χ3n) is 0.538. The van der Waals surface area contributed by atoms with Crippen molar-refractivity contribution in [1.82, 2.24) is 0 Å². The van der Waals surface area contributed by atoms with Gasteiger partial charge in [-0.25, -0.2) is 4.39 Å². The number of halogens is 1. The van der Waals surface area contributed by atoms with Crippen LogP contribution in [0, 0.1) is 10.1 Å². The maximum absolute atomic E-state index is 11.2.